The lowest BCUT2D eigenvalue weighted by molar-refractivity contribution is -0.120. The van der Waals surface area contributed by atoms with Gasteiger partial charge in [-0.25, -0.2) is 13.1 Å². The number of methoxy groups -OCH3 is 2. The molecule has 8 heteroatoms. The van der Waals surface area contributed by atoms with Crippen LogP contribution >= 0.6 is 0 Å². The number of rotatable bonds is 7. The smallest absolute Gasteiger partial charge is 0.241 e. The van der Waals surface area contributed by atoms with Gasteiger partial charge in [-0.3, -0.25) is 4.79 Å². The van der Waals surface area contributed by atoms with E-state index in [0.29, 0.717) is 11.5 Å². The van der Waals surface area contributed by atoms with Crippen molar-refractivity contribution in [3.05, 3.63) is 18.2 Å². The van der Waals surface area contributed by atoms with Crippen LogP contribution < -0.4 is 19.5 Å². The first-order chi connectivity index (χ1) is 11.5. The number of ether oxygens (including phenoxy) is 2. The van der Waals surface area contributed by atoms with Crippen LogP contribution in [0.15, 0.2) is 23.1 Å². The van der Waals surface area contributed by atoms with Crippen LogP contribution in [0.4, 0.5) is 0 Å². The Labute approximate surface area is 142 Å². The van der Waals surface area contributed by atoms with Gasteiger partial charge in [0.15, 0.2) is 11.5 Å². The molecule has 0 aromatic heterocycles. The average molecular weight is 356 g/mol. The lowest BCUT2D eigenvalue weighted by atomic mass is 9.95. The molecule has 0 aliphatic heterocycles. The summed E-state index contributed by atoms with van der Waals surface area (Å²) in [6, 6.07) is 4.43. The Morgan fingerprint density at radius 3 is 2.42 bits per heavy atom. The third-order valence-corrected chi connectivity index (χ3v) is 5.46. The molecular weight excluding hydrogens is 332 g/mol. The minimum absolute atomic E-state index is 0.0191. The van der Waals surface area contributed by atoms with Crippen LogP contribution in [0, 0.1) is 0 Å². The quantitative estimate of drug-likeness (QED) is 0.771. The normalized spacial score (nSPS) is 15.8. The molecule has 0 bridgehead atoms. The Morgan fingerprint density at radius 1 is 1.12 bits per heavy atom. The summed E-state index contributed by atoms with van der Waals surface area (Å²) < 4.78 is 37.1. The number of hydrogen-bond acceptors (Lipinski definition) is 5. The number of sulfonamides is 1. The van der Waals surface area contributed by atoms with Gasteiger partial charge in [-0.05, 0) is 25.0 Å². The maximum Gasteiger partial charge on any atom is 0.241 e. The van der Waals surface area contributed by atoms with Crippen LogP contribution in [0.25, 0.3) is 0 Å². The Hall–Kier alpha value is -1.80. The maximum atomic E-state index is 12.3. The van der Waals surface area contributed by atoms with Crippen LogP contribution in [-0.2, 0) is 14.8 Å². The van der Waals surface area contributed by atoms with Crippen molar-refractivity contribution in [1.29, 1.82) is 0 Å². The Balaban J connectivity index is 1.96. The molecule has 0 atom stereocenters. The predicted molar refractivity (Wildman–Crippen MR) is 89.8 cm³/mol. The highest BCUT2D eigenvalue weighted by molar-refractivity contribution is 7.89. The van der Waals surface area contributed by atoms with Gasteiger partial charge in [-0.2, -0.15) is 0 Å². The zero-order valence-corrected chi connectivity index (χ0v) is 14.8. The molecule has 0 saturated heterocycles. The molecule has 0 heterocycles. The highest BCUT2D eigenvalue weighted by atomic mass is 32.2. The second-order valence-corrected chi connectivity index (χ2v) is 7.51. The third-order valence-electron chi connectivity index (χ3n) is 4.06. The summed E-state index contributed by atoms with van der Waals surface area (Å²) in [6.45, 7) is -0.285. The first-order valence-electron chi connectivity index (χ1n) is 7.97. The molecule has 7 nitrogen and oxygen atoms in total. The molecule has 1 amide bonds. The lowest BCUT2D eigenvalue weighted by Crippen LogP contribution is -2.42. The van der Waals surface area contributed by atoms with E-state index < -0.39 is 10.0 Å². The summed E-state index contributed by atoms with van der Waals surface area (Å²) in [7, 11) is -0.898. The molecule has 1 aromatic carbocycles. The average Bonchev–Trinajstić information content (AvgIpc) is 2.60. The zero-order chi connectivity index (χ0) is 17.6. The van der Waals surface area contributed by atoms with E-state index in [1.165, 1.54) is 38.8 Å². The molecule has 1 saturated carbocycles. The van der Waals surface area contributed by atoms with Gasteiger partial charge in [0.1, 0.15) is 0 Å². The molecule has 134 valence electrons. The van der Waals surface area contributed by atoms with E-state index in [-0.39, 0.29) is 23.4 Å². The summed E-state index contributed by atoms with van der Waals surface area (Å²) in [4.78, 5) is 11.9. The van der Waals surface area contributed by atoms with E-state index in [1.807, 2.05) is 0 Å². The largest absolute Gasteiger partial charge is 0.493 e. The number of nitrogens with one attached hydrogen (secondary N) is 2. The maximum absolute atomic E-state index is 12.3. The molecule has 0 unspecified atom stereocenters. The molecule has 0 radical (unpaired) electrons. The van der Waals surface area contributed by atoms with Crippen molar-refractivity contribution < 1.29 is 22.7 Å². The molecular formula is C16H24N2O5S. The summed E-state index contributed by atoms with van der Waals surface area (Å²) in [5.41, 5.74) is 0. The SMILES string of the molecule is COc1ccc(S(=O)(=O)NCC(=O)NC2CCCCC2)cc1OC. The molecule has 2 rings (SSSR count). The van der Waals surface area contributed by atoms with Crippen molar-refractivity contribution in [2.45, 2.75) is 43.0 Å². The van der Waals surface area contributed by atoms with Crippen molar-refractivity contribution in [3.8, 4) is 11.5 Å². The van der Waals surface area contributed by atoms with Crippen LogP contribution in [0.3, 0.4) is 0 Å². The van der Waals surface area contributed by atoms with E-state index in [4.69, 9.17) is 9.47 Å². The number of carbonyl (C=O) groups excluding carboxylic acids is 1. The molecule has 1 aliphatic carbocycles. The van der Waals surface area contributed by atoms with Crippen molar-refractivity contribution in [2.75, 3.05) is 20.8 Å². The van der Waals surface area contributed by atoms with E-state index >= 15 is 0 Å². The summed E-state index contributed by atoms with van der Waals surface area (Å²) >= 11 is 0. The van der Waals surface area contributed by atoms with Crippen LogP contribution in [0.5, 0.6) is 11.5 Å². The van der Waals surface area contributed by atoms with Gasteiger partial charge in [0.2, 0.25) is 15.9 Å². The molecule has 1 fully saturated rings. The molecule has 1 aromatic rings. The van der Waals surface area contributed by atoms with Crippen LogP contribution in [0.1, 0.15) is 32.1 Å². The highest BCUT2D eigenvalue weighted by Crippen LogP contribution is 2.29. The Kier molecular flexibility index (Phi) is 6.44. The minimum atomic E-state index is -3.80. The lowest BCUT2D eigenvalue weighted by Gasteiger charge is -2.22. The number of amides is 1. The summed E-state index contributed by atoms with van der Waals surface area (Å²) in [6.07, 6.45) is 5.30. The standard InChI is InChI=1S/C16H24N2O5S/c1-22-14-9-8-13(10-15(14)23-2)24(20,21)17-11-16(19)18-12-6-4-3-5-7-12/h8-10,12,17H,3-7,11H2,1-2H3,(H,18,19). The highest BCUT2D eigenvalue weighted by Gasteiger charge is 2.20. The van der Waals surface area contributed by atoms with Gasteiger partial charge in [0, 0.05) is 12.1 Å². The van der Waals surface area contributed by atoms with E-state index in [9.17, 15) is 13.2 Å². The van der Waals surface area contributed by atoms with Crippen molar-refractivity contribution in [3.63, 3.8) is 0 Å². The number of carbonyl (C=O) groups is 1. The van der Waals surface area contributed by atoms with Crippen LogP contribution in [0.2, 0.25) is 0 Å². The van der Waals surface area contributed by atoms with Crippen molar-refractivity contribution in [2.24, 2.45) is 0 Å². The first-order valence-corrected chi connectivity index (χ1v) is 9.45. The van der Waals surface area contributed by atoms with E-state index in [0.717, 1.165) is 25.7 Å². The monoisotopic (exact) mass is 356 g/mol. The fraction of sp³-hybridized carbons (Fsp3) is 0.562. The molecule has 2 N–H and O–H groups in total. The molecule has 24 heavy (non-hydrogen) atoms. The number of benzene rings is 1. The van der Waals surface area contributed by atoms with Gasteiger partial charge in [-0.15, -0.1) is 0 Å². The zero-order valence-electron chi connectivity index (χ0n) is 14.0. The summed E-state index contributed by atoms with van der Waals surface area (Å²) in [5, 5.41) is 2.87. The Morgan fingerprint density at radius 2 is 1.79 bits per heavy atom. The number of hydrogen-bond donors (Lipinski definition) is 2. The van der Waals surface area contributed by atoms with Gasteiger partial charge in [0.05, 0.1) is 25.7 Å². The summed E-state index contributed by atoms with van der Waals surface area (Å²) in [5.74, 6) is 0.435. The van der Waals surface area contributed by atoms with E-state index in [1.54, 1.807) is 0 Å². The third kappa shape index (κ3) is 4.85. The van der Waals surface area contributed by atoms with E-state index in [2.05, 4.69) is 10.0 Å². The van der Waals surface area contributed by atoms with Gasteiger partial charge in [-0.1, -0.05) is 19.3 Å². The first kappa shape index (κ1) is 18.5. The van der Waals surface area contributed by atoms with Gasteiger partial charge in [0.25, 0.3) is 0 Å². The Bertz CT molecular complexity index is 669. The molecule has 1 aliphatic rings. The predicted octanol–water partition coefficient (Wildman–Crippen LogP) is 1.43. The van der Waals surface area contributed by atoms with Crippen molar-refractivity contribution in [1.82, 2.24) is 10.0 Å². The van der Waals surface area contributed by atoms with Gasteiger partial charge < -0.3 is 14.8 Å². The second kappa shape index (κ2) is 8.34. The fourth-order valence-corrected chi connectivity index (χ4v) is 3.75. The van der Waals surface area contributed by atoms with Crippen molar-refractivity contribution >= 4 is 15.9 Å². The van der Waals surface area contributed by atoms with Crippen LogP contribution in [-0.4, -0.2) is 41.1 Å². The second-order valence-electron chi connectivity index (χ2n) is 5.74. The minimum Gasteiger partial charge on any atom is -0.493 e. The fourth-order valence-electron chi connectivity index (χ4n) is 2.75. The molecule has 0 spiro atoms. The van der Waals surface area contributed by atoms with Gasteiger partial charge >= 0.3 is 0 Å². The topological polar surface area (TPSA) is 93.7 Å².